The third-order valence-corrected chi connectivity index (χ3v) is 11.2. The first kappa shape index (κ1) is 51.3. The zero-order chi connectivity index (χ0) is 46.6. The molecule has 2 aliphatic heterocycles. The molecule has 1 aliphatic carbocycles. The lowest BCUT2D eigenvalue weighted by Crippen LogP contribution is -2.57. The number of methoxy groups -OCH3 is 1. The van der Waals surface area contributed by atoms with Crippen molar-refractivity contribution in [2.75, 3.05) is 52.1 Å². The molecule has 3 aliphatic rings. The van der Waals surface area contributed by atoms with Gasteiger partial charge in [0.1, 0.15) is 47.6 Å². The van der Waals surface area contributed by atoms with Crippen LogP contribution < -0.4 is 14.8 Å². The molecule has 0 fully saturated rings. The number of hydrogen-bond donors (Lipinski definition) is 1. The van der Waals surface area contributed by atoms with Crippen molar-refractivity contribution in [3.8, 4) is 11.5 Å². The Morgan fingerprint density at radius 3 is 2.45 bits per heavy atom. The number of rotatable bonds is 19. The fraction of sp³-hybridized carbons (Fsp3) is 0.510. The number of halogens is 1. The molecule has 0 aromatic heterocycles. The van der Waals surface area contributed by atoms with E-state index in [2.05, 4.69) is 35.1 Å². The average Bonchev–Trinajstić information content (AvgIpc) is 3.65. The van der Waals surface area contributed by atoms with Crippen LogP contribution in [0.3, 0.4) is 0 Å². The first-order valence-corrected chi connectivity index (χ1v) is 23.8. The van der Waals surface area contributed by atoms with Crippen molar-refractivity contribution in [1.29, 1.82) is 0 Å². The first-order chi connectivity index (χ1) is 31.5. The second-order valence-electron chi connectivity index (χ2n) is 17.0. The predicted molar refractivity (Wildman–Crippen MR) is 254 cm³/mol. The summed E-state index contributed by atoms with van der Waals surface area (Å²) >= 11 is 3.46. The molecule has 2 heterocycles. The molecule has 65 heavy (non-hydrogen) atoms. The minimum atomic E-state index is -0.973. The fourth-order valence-electron chi connectivity index (χ4n) is 7.57. The van der Waals surface area contributed by atoms with Gasteiger partial charge < -0.3 is 43.2 Å². The highest BCUT2D eigenvalue weighted by Gasteiger charge is 2.42. The Bertz CT molecular complexity index is 1990. The highest BCUT2D eigenvalue weighted by Crippen LogP contribution is 2.36. The summed E-state index contributed by atoms with van der Waals surface area (Å²) in [7, 11) is 1.61. The van der Waals surface area contributed by atoms with Crippen LogP contribution in [0.25, 0.3) is 6.08 Å². The number of nitrogens with one attached hydrogen (secondary N) is 1. The largest absolute Gasteiger partial charge is 0.497 e. The van der Waals surface area contributed by atoms with Gasteiger partial charge >= 0.3 is 12.1 Å². The van der Waals surface area contributed by atoms with Gasteiger partial charge in [0, 0.05) is 30.5 Å². The number of nitrogens with zero attached hydrogens (tertiary/aromatic N) is 1. The Labute approximate surface area is 393 Å². The average molecular weight is 964 g/mol. The summed E-state index contributed by atoms with van der Waals surface area (Å²) in [4.78, 5) is 44.0. The number of cyclic esters (lactones) is 1. The van der Waals surface area contributed by atoms with Crippen LogP contribution in [0.1, 0.15) is 88.2 Å². The molecular formula is C51H67BrN2O11. The number of ether oxygens (including phenoxy) is 8. The Balaban J connectivity index is 1.57. The lowest BCUT2D eigenvalue weighted by molar-refractivity contribution is -0.168. The van der Waals surface area contributed by atoms with Gasteiger partial charge in [-0.25, -0.2) is 9.59 Å². The smallest absolute Gasteiger partial charge is 0.414 e. The molecule has 2 unspecified atom stereocenters. The van der Waals surface area contributed by atoms with E-state index in [-0.39, 0.29) is 62.9 Å². The highest BCUT2D eigenvalue weighted by atomic mass is 79.9. The van der Waals surface area contributed by atoms with Crippen LogP contribution in [0, 0.1) is 5.92 Å². The number of allylic oxidation sites excluding steroid dienone is 3. The molecule has 354 valence electrons. The number of benzene rings is 2. The van der Waals surface area contributed by atoms with Crippen LogP contribution in [0.5, 0.6) is 11.5 Å². The quantitative estimate of drug-likeness (QED) is 0.0624. The van der Waals surface area contributed by atoms with Crippen molar-refractivity contribution in [3.05, 3.63) is 113 Å². The molecule has 0 spiro atoms. The number of esters is 1. The number of carbonyl (C=O) groups is 3. The molecule has 6 atom stereocenters. The monoisotopic (exact) mass is 962 g/mol. The molecule has 14 heteroatoms. The van der Waals surface area contributed by atoms with Gasteiger partial charge in [0.05, 0.1) is 52.2 Å². The van der Waals surface area contributed by atoms with Crippen LogP contribution in [0.2, 0.25) is 0 Å². The maximum absolute atomic E-state index is 14.6. The van der Waals surface area contributed by atoms with E-state index in [0.717, 1.165) is 31.2 Å². The van der Waals surface area contributed by atoms with Crippen LogP contribution >= 0.6 is 15.9 Å². The van der Waals surface area contributed by atoms with Crippen LogP contribution in [-0.2, 0) is 39.8 Å². The molecule has 2 aromatic rings. The van der Waals surface area contributed by atoms with E-state index in [9.17, 15) is 14.4 Å². The van der Waals surface area contributed by atoms with Crippen molar-refractivity contribution in [2.24, 2.45) is 5.92 Å². The van der Waals surface area contributed by atoms with Crippen molar-refractivity contribution in [1.82, 2.24) is 10.2 Å². The highest BCUT2D eigenvalue weighted by molar-refractivity contribution is 9.09. The van der Waals surface area contributed by atoms with E-state index in [1.807, 2.05) is 106 Å². The van der Waals surface area contributed by atoms with Gasteiger partial charge in [-0.3, -0.25) is 9.69 Å². The van der Waals surface area contributed by atoms with Crippen LogP contribution in [0.15, 0.2) is 96.8 Å². The summed E-state index contributed by atoms with van der Waals surface area (Å²) in [5.41, 5.74) is 1.72. The molecule has 1 N–H and O–H groups in total. The molecule has 0 saturated heterocycles. The Morgan fingerprint density at radius 1 is 0.938 bits per heavy atom. The van der Waals surface area contributed by atoms with Gasteiger partial charge in [0.25, 0.3) is 0 Å². The lowest BCUT2D eigenvalue weighted by Gasteiger charge is -2.38. The number of unbranched alkanes of at least 4 members (excludes halogenated alkanes) is 2. The number of carbonyl (C=O) groups excluding carboxylic acids is 3. The summed E-state index contributed by atoms with van der Waals surface area (Å²) in [6, 6.07) is 11.6. The second kappa shape index (κ2) is 26.4. The molecule has 0 saturated carbocycles. The van der Waals surface area contributed by atoms with E-state index >= 15 is 0 Å². The summed E-state index contributed by atoms with van der Waals surface area (Å²) in [6.07, 6.45) is 17.2. The van der Waals surface area contributed by atoms with E-state index in [4.69, 9.17) is 37.9 Å². The molecule has 2 amide bonds. The molecule has 2 aromatic carbocycles. The number of amides is 2. The maximum Gasteiger partial charge on any atom is 0.414 e. The van der Waals surface area contributed by atoms with Crippen molar-refractivity contribution in [2.45, 2.75) is 109 Å². The van der Waals surface area contributed by atoms with Crippen molar-refractivity contribution >= 4 is 40.0 Å². The minimum Gasteiger partial charge on any atom is -0.497 e. The topological polar surface area (TPSA) is 140 Å². The lowest BCUT2D eigenvalue weighted by atomic mass is 9.89. The Hall–Kier alpha value is -4.73. The standard InChI is InChI=1S/C51H67BrN2O11/c1-7-9-28-60-43-21-15-17-37-18-16-27-59-35-44(61-29-10-8-2)48(63-33-36-22-24-39(58-6)25-23-36)47(62-30-14-13-26-52)41(34-64-49(56)46(37)43)53-45(55)31-38-32-54(50(57)65-51(3,4)5)42-20-12-11-19-40(38)42/h11-25,32,40-42,44,47-48H,7-10,26-31,33-35H2,1-6H3,(H,53,55)/b14-13+,18-16?/t40?,41-,42?,44+,47+,48+/m0/s1. The van der Waals surface area contributed by atoms with Gasteiger partial charge in [0.2, 0.25) is 5.91 Å². The van der Waals surface area contributed by atoms with Gasteiger partial charge in [-0.2, -0.15) is 0 Å². The zero-order valence-electron chi connectivity index (χ0n) is 38.7. The van der Waals surface area contributed by atoms with Gasteiger partial charge in [0.15, 0.2) is 0 Å². The van der Waals surface area contributed by atoms with Gasteiger partial charge in [-0.15, -0.1) is 0 Å². The molecule has 0 radical (unpaired) electrons. The summed E-state index contributed by atoms with van der Waals surface area (Å²) in [6.45, 7) is 10.8. The summed E-state index contributed by atoms with van der Waals surface area (Å²) < 4.78 is 50.0. The molecule has 5 rings (SSSR count). The van der Waals surface area contributed by atoms with E-state index in [1.165, 1.54) is 4.90 Å². The van der Waals surface area contributed by atoms with Gasteiger partial charge in [-0.1, -0.05) is 115 Å². The number of alkyl halides is 1. The molecular weight excluding hydrogens is 896 g/mol. The first-order valence-electron chi connectivity index (χ1n) is 22.7. The van der Waals surface area contributed by atoms with E-state index in [1.54, 1.807) is 19.4 Å². The van der Waals surface area contributed by atoms with Crippen LogP contribution in [-0.4, -0.2) is 111 Å². The normalized spacial score (nSPS) is 22.4. The third-order valence-electron chi connectivity index (χ3n) is 10.8. The van der Waals surface area contributed by atoms with Crippen molar-refractivity contribution in [3.63, 3.8) is 0 Å². The zero-order valence-corrected chi connectivity index (χ0v) is 40.3. The number of hydrogen-bond acceptors (Lipinski definition) is 11. The molecule has 0 bridgehead atoms. The van der Waals surface area contributed by atoms with E-state index < -0.39 is 42.0 Å². The van der Waals surface area contributed by atoms with Crippen molar-refractivity contribution < 1.29 is 52.3 Å². The SMILES string of the molecule is CCCCOc1cccc2c1C(=O)OC[C@H](NC(=O)CC1=CN(C(=O)OC(C)(C)C)C3C=CC=CC13)[C@@H](OC/C=C/CBr)[C@H](OCc1ccc(OC)cc1)[C@H](OCCCC)COCC=C2. The Kier molecular flexibility index (Phi) is 20.8. The fourth-order valence-corrected chi connectivity index (χ4v) is 7.83. The predicted octanol–water partition coefficient (Wildman–Crippen LogP) is 9.30. The second-order valence-corrected chi connectivity index (χ2v) is 17.6. The van der Waals surface area contributed by atoms with Crippen LogP contribution in [0.4, 0.5) is 4.79 Å². The third kappa shape index (κ3) is 15.7. The molecule has 13 nitrogen and oxygen atoms in total. The van der Waals surface area contributed by atoms with Gasteiger partial charge in [-0.05, 0) is 68.5 Å². The summed E-state index contributed by atoms with van der Waals surface area (Å²) in [5.74, 6) is -0.172. The summed E-state index contributed by atoms with van der Waals surface area (Å²) in [5, 5.41) is 3.80. The minimum absolute atomic E-state index is 0.0702. The Morgan fingerprint density at radius 2 is 1.71 bits per heavy atom. The van der Waals surface area contributed by atoms with E-state index in [0.29, 0.717) is 41.2 Å². The number of fused-ring (bicyclic) bond motifs is 2. The maximum atomic E-state index is 14.6.